The van der Waals surface area contributed by atoms with Crippen LogP contribution in [0.2, 0.25) is 0 Å². The molecule has 0 saturated heterocycles. The van der Waals surface area contributed by atoms with Crippen LogP contribution in [0.15, 0.2) is 123 Å². The summed E-state index contributed by atoms with van der Waals surface area (Å²) in [5.41, 5.74) is 7.44. The molecule has 0 unspecified atom stereocenters. The van der Waals surface area contributed by atoms with Crippen LogP contribution in [0.1, 0.15) is 207 Å². The summed E-state index contributed by atoms with van der Waals surface area (Å²) >= 11 is 0. The molecule has 0 atom stereocenters. The Morgan fingerprint density at radius 2 is 0.897 bits per heavy atom. The van der Waals surface area contributed by atoms with Crippen molar-refractivity contribution in [1.82, 2.24) is 39.8 Å². The summed E-state index contributed by atoms with van der Waals surface area (Å²) in [6, 6.07) is 26.9. The highest BCUT2D eigenvalue weighted by Gasteiger charge is 2.48. The summed E-state index contributed by atoms with van der Waals surface area (Å²) in [5.74, 6) is -0.582. The van der Waals surface area contributed by atoms with Crippen LogP contribution in [0.5, 0.6) is 34.5 Å². The number of aryl methyl sites for hydroxylation is 6. The first-order valence-electron chi connectivity index (χ1n) is 35.6. The maximum Gasteiger partial charge on any atom is 0.347 e. The lowest BCUT2D eigenvalue weighted by atomic mass is 9.71. The Balaban J connectivity index is 1.12. The second-order valence-electron chi connectivity index (χ2n) is 26.6. The number of aromatic nitrogens is 6. The molecular formula is C79H96N8O10. The molecule has 12 rings (SSSR count). The minimum atomic E-state index is -1.19. The smallest absolute Gasteiger partial charge is 0.347 e. The summed E-state index contributed by atoms with van der Waals surface area (Å²) < 4.78 is 41.8. The first-order chi connectivity index (χ1) is 47.5. The number of allylic oxidation sites excluding steroid dienone is 2. The zero-order valence-electron chi connectivity index (χ0n) is 57.0. The summed E-state index contributed by atoms with van der Waals surface area (Å²) in [6.07, 6.45) is 28.9. The SMILES string of the molecule is C=CCCCCCCCCCN1Cc2ccc(OC)cc2OC(=O)c2cc3c4cc2OCCCc2cn(nn2)CCCc2ccc5c(c2)C(CC1=O)(CC(=O)N(CCCCCCCCCC=C)Cc1ccc(OC)cc1OC4=O)c1cc(ccc1-5)CCCn1cc(nn1)CCCO3. The second-order valence-corrected chi connectivity index (χ2v) is 26.6. The number of rotatable bonds is 22. The number of methoxy groups -OCH3 is 2. The minimum Gasteiger partial charge on any atom is -0.497 e. The van der Waals surface area contributed by atoms with Gasteiger partial charge in [-0.15, -0.1) is 23.4 Å². The third-order valence-electron chi connectivity index (χ3n) is 19.5. The molecule has 0 N–H and O–H groups in total. The molecule has 97 heavy (non-hydrogen) atoms. The standard InChI is InChI=1S/C79H96N8O10/c1-5-7-9-11-13-15-17-19-21-39-84-53-59-33-35-63(92-3)47-71(59)96-77(90)67-49-74-68-50-73(67)94-43-25-29-61-55-86(82-80-61)41-23-27-57-31-37-65-66-38-32-58(28-24-42-87-56-62(81-83-87)30-26-44-95-74)46-70(66)79(51-75(84)88,69(65)45-57)52-76(89)85(40-22-20-18-16-14-12-10-8-6-2)54-60-34-36-64(93-4)48-72(60)97-78(68)91/h5-6,31-38,45-50,55-56H,1-2,7-30,39-44,51-54H2,3-4H3. The van der Waals surface area contributed by atoms with Crippen LogP contribution in [0.3, 0.4) is 0 Å². The van der Waals surface area contributed by atoms with Crippen molar-refractivity contribution in [3.05, 3.63) is 179 Å². The number of unbranched alkanes of at least 4 members (excludes halogenated alkanes) is 14. The Labute approximate surface area is 571 Å². The van der Waals surface area contributed by atoms with Crippen molar-refractivity contribution in [1.29, 1.82) is 0 Å². The van der Waals surface area contributed by atoms with Crippen molar-refractivity contribution in [2.45, 2.75) is 199 Å². The van der Waals surface area contributed by atoms with Gasteiger partial charge in [-0.3, -0.25) is 19.0 Å². The van der Waals surface area contributed by atoms with Crippen LogP contribution in [-0.2, 0) is 66.9 Å². The monoisotopic (exact) mass is 1320 g/mol. The van der Waals surface area contributed by atoms with Crippen molar-refractivity contribution in [2.24, 2.45) is 0 Å². The lowest BCUT2D eigenvalue weighted by Gasteiger charge is -2.36. The Kier molecular flexibility index (Phi) is 24.5. The van der Waals surface area contributed by atoms with Crippen molar-refractivity contribution in [3.63, 3.8) is 0 Å². The zero-order chi connectivity index (χ0) is 67.4. The second kappa shape index (κ2) is 34.2. The highest BCUT2D eigenvalue weighted by Crippen LogP contribution is 2.54. The fourth-order valence-corrected chi connectivity index (χ4v) is 14.1. The van der Waals surface area contributed by atoms with E-state index in [0.717, 1.165) is 160 Å². The van der Waals surface area contributed by atoms with Gasteiger partial charge < -0.3 is 38.2 Å². The van der Waals surface area contributed by atoms with E-state index in [2.05, 4.69) is 70.2 Å². The fourth-order valence-electron chi connectivity index (χ4n) is 14.1. The number of ether oxygens (including phenoxy) is 6. The lowest BCUT2D eigenvalue weighted by Crippen LogP contribution is -2.42. The largest absolute Gasteiger partial charge is 0.497 e. The lowest BCUT2D eigenvalue weighted by molar-refractivity contribution is -0.135. The fraction of sp³-hybridized carbons (Fsp3) is 0.468. The van der Waals surface area contributed by atoms with Gasteiger partial charge in [-0.2, -0.15) is 0 Å². The molecule has 512 valence electrons. The number of nitrogens with zero attached hydrogens (tertiary/aromatic N) is 8. The van der Waals surface area contributed by atoms with E-state index < -0.39 is 17.4 Å². The van der Waals surface area contributed by atoms with Gasteiger partial charge in [-0.05, 0) is 160 Å². The van der Waals surface area contributed by atoms with E-state index in [4.69, 9.17) is 28.4 Å². The molecule has 2 aromatic heterocycles. The van der Waals surface area contributed by atoms with Gasteiger partial charge >= 0.3 is 11.9 Å². The molecular weight excluding hydrogens is 1220 g/mol. The molecule has 0 radical (unpaired) electrons. The van der Waals surface area contributed by atoms with E-state index in [9.17, 15) is 0 Å². The predicted octanol–water partition coefficient (Wildman–Crippen LogP) is 15.3. The van der Waals surface area contributed by atoms with Crippen molar-refractivity contribution >= 4 is 23.8 Å². The number of hydrogen-bond donors (Lipinski definition) is 0. The summed E-state index contributed by atoms with van der Waals surface area (Å²) in [5, 5.41) is 18.1. The van der Waals surface area contributed by atoms with Gasteiger partial charge in [0.05, 0.1) is 38.8 Å². The van der Waals surface area contributed by atoms with E-state index in [0.29, 0.717) is 87.3 Å². The van der Waals surface area contributed by atoms with Gasteiger partial charge in [-0.1, -0.05) is 123 Å². The topological polar surface area (TPSA) is 192 Å². The molecule has 5 aliphatic rings. The minimum absolute atomic E-state index is 0.0133. The molecule has 7 aromatic rings. The van der Waals surface area contributed by atoms with E-state index in [1.54, 1.807) is 26.4 Å². The third kappa shape index (κ3) is 17.9. The Morgan fingerprint density at radius 1 is 0.474 bits per heavy atom. The van der Waals surface area contributed by atoms with E-state index >= 15 is 19.2 Å². The van der Waals surface area contributed by atoms with Gasteiger partial charge in [0.2, 0.25) is 11.8 Å². The normalized spacial score (nSPS) is 15.9. The molecule has 0 saturated carbocycles. The summed E-state index contributed by atoms with van der Waals surface area (Å²) in [4.78, 5) is 68.0. The average Bonchev–Trinajstić information content (AvgIpc) is 1.56. The van der Waals surface area contributed by atoms with E-state index in [1.807, 2.05) is 68.0 Å². The Morgan fingerprint density at radius 3 is 1.32 bits per heavy atom. The first kappa shape index (κ1) is 69.3. The molecule has 5 aromatic carbocycles. The Bertz CT molecular complexity index is 3620. The van der Waals surface area contributed by atoms with Crippen LogP contribution in [0, 0.1) is 0 Å². The number of amides is 2. The van der Waals surface area contributed by atoms with Crippen molar-refractivity contribution in [2.75, 3.05) is 40.5 Å². The number of esters is 2. The molecule has 13 bridgehead atoms. The highest BCUT2D eigenvalue weighted by molar-refractivity contribution is 6.00. The Hall–Kier alpha value is -9.06. The van der Waals surface area contributed by atoms with Gasteiger partial charge in [0.15, 0.2) is 0 Å². The third-order valence-corrected chi connectivity index (χ3v) is 19.5. The van der Waals surface area contributed by atoms with Gasteiger partial charge in [0.1, 0.15) is 45.6 Å². The molecule has 1 spiro atoms. The molecule has 18 nitrogen and oxygen atoms in total. The van der Waals surface area contributed by atoms with Crippen molar-refractivity contribution < 1.29 is 47.6 Å². The maximum atomic E-state index is 16.6. The number of benzene rings is 5. The van der Waals surface area contributed by atoms with E-state index in [1.165, 1.54) is 12.1 Å². The van der Waals surface area contributed by atoms with Gasteiger partial charge in [-0.25, -0.2) is 9.59 Å². The summed E-state index contributed by atoms with van der Waals surface area (Å²) in [6.45, 7) is 10.2. The van der Waals surface area contributed by atoms with Gasteiger partial charge in [0.25, 0.3) is 0 Å². The molecule has 18 heteroatoms. The van der Waals surface area contributed by atoms with E-state index in [-0.39, 0.29) is 85.1 Å². The molecule has 2 amide bonds. The van der Waals surface area contributed by atoms with Crippen LogP contribution in [-0.4, -0.2) is 104 Å². The molecule has 4 aliphatic heterocycles. The maximum absolute atomic E-state index is 16.6. The molecule has 0 fully saturated rings. The number of carbonyl (C=O) groups excluding carboxylic acids is 4. The molecule has 6 heterocycles. The number of fused-ring (bicyclic) bond motifs is 7. The zero-order valence-corrected chi connectivity index (χ0v) is 57.0. The summed E-state index contributed by atoms with van der Waals surface area (Å²) in [7, 11) is 3.10. The highest BCUT2D eigenvalue weighted by atomic mass is 16.5. The van der Waals surface area contributed by atoms with Crippen LogP contribution in [0.4, 0.5) is 0 Å². The molecule has 1 aliphatic carbocycles. The average molecular weight is 1320 g/mol. The number of carbonyl (C=O) groups is 4. The van der Waals surface area contributed by atoms with Crippen LogP contribution < -0.4 is 28.4 Å². The quantitative estimate of drug-likeness (QED) is 0.0269. The predicted molar refractivity (Wildman–Crippen MR) is 374 cm³/mol. The van der Waals surface area contributed by atoms with Crippen LogP contribution >= 0.6 is 0 Å². The van der Waals surface area contributed by atoms with Crippen LogP contribution in [0.25, 0.3) is 11.1 Å². The van der Waals surface area contributed by atoms with Crippen molar-refractivity contribution in [3.8, 4) is 45.6 Å². The van der Waals surface area contributed by atoms with Gasteiger partial charge in [0, 0.05) is 93.2 Å². The first-order valence-corrected chi connectivity index (χ1v) is 35.6. The number of hydrogen-bond acceptors (Lipinski definition) is 14.